The fraction of sp³-hybridized carbons (Fsp3) is 0.300. The Labute approximate surface area is 160 Å². The van der Waals surface area contributed by atoms with Crippen LogP contribution in [-0.4, -0.2) is 18.0 Å². The number of nitrogens with one attached hydrogen (secondary N) is 1. The minimum atomic E-state index is -0.579. The van der Waals surface area contributed by atoms with Crippen molar-refractivity contribution in [2.45, 2.75) is 39.3 Å². The molecule has 2 aromatic rings. The Kier molecular flexibility index (Phi) is 6.91. The standard InChI is InChI=1S/C20H21BrFNO3/c1-12(2)26-19(24)11-18(14-6-4-13(3)5-7-14)23-20(25)16-10-15(22)8-9-17(16)21/h4-10,12,18H,11H2,1-3H3,(H,23,25). The van der Waals surface area contributed by atoms with Crippen LogP contribution in [0.4, 0.5) is 4.39 Å². The Morgan fingerprint density at radius 3 is 2.42 bits per heavy atom. The van der Waals surface area contributed by atoms with Gasteiger partial charge in [0.05, 0.1) is 24.1 Å². The molecule has 0 saturated heterocycles. The van der Waals surface area contributed by atoms with E-state index in [0.29, 0.717) is 4.47 Å². The molecule has 0 fully saturated rings. The van der Waals surface area contributed by atoms with Gasteiger partial charge in [-0.05, 0) is 60.5 Å². The highest BCUT2D eigenvalue weighted by atomic mass is 79.9. The Balaban J connectivity index is 2.25. The summed E-state index contributed by atoms with van der Waals surface area (Å²) in [6, 6.07) is 10.8. The highest BCUT2D eigenvalue weighted by molar-refractivity contribution is 9.10. The molecule has 0 aromatic heterocycles. The molecule has 0 aliphatic rings. The smallest absolute Gasteiger partial charge is 0.308 e. The molecule has 1 amide bonds. The van der Waals surface area contributed by atoms with Crippen molar-refractivity contribution in [2.24, 2.45) is 0 Å². The number of carbonyl (C=O) groups excluding carboxylic acids is 2. The molecule has 0 bridgehead atoms. The monoisotopic (exact) mass is 421 g/mol. The highest BCUT2D eigenvalue weighted by Gasteiger charge is 2.22. The molecule has 138 valence electrons. The van der Waals surface area contributed by atoms with Crippen LogP contribution in [0.3, 0.4) is 0 Å². The van der Waals surface area contributed by atoms with Crippen LogP contribution in [0.2, 0.25) is 0 Å². The van der Waals surface area contributed by atoms with Gasteiger partial charge in [0.1, 0.15) is 5.82 Å². The normalized spacial score (nSPS) is 11.9. The van der Waals surface area contributed by atoms with Crippen molar-refractivity contribution < 1.29 is 18.7 Å². The van der Waals surface area contributed by atoms with E-state index < -0.39 is 23.7 Å². The van der Waals surface area contributed by atoms with Crippen LogP contribution < -0.4 is 5.32 Å². The van der Waals surface area contributed by atoms with Gasteiger partial charge in [0.25, 0.3) is 5.91 Å². The van der Waals surface area contributed by atoms with E-state index in [4.69, 9.17) is 4.74 Å². The summed E-state index contributed by atoms with van der Waals surface area (Å²) in [7, 11) is 0. The molecule has 1 atom stereocenters. The summed E-state index contributed by atoms with van der Waals surface area (Å²) in [5, 5.41) is 2.80. The van der Waals surface area contributed by atoms with Crippen LogP contribution in [0, 0.1) is 12.7 Å². The van der Waals surface area contributed by atoms with Crippen molar-refractivity contribution >= 4 is 27.8 Å². The van der Waals surface area contributed by atoms with Crippen LogP contribution in [0.5, 0.6) is 0 Å². The third-order valence-corrected chi connectivity index (χ3v) is 4.39. The largest absolute Gasteiger partial charge is 0.463 e. The lowest BCUT2D eigenvalue weighted by atomic mass is 10.0. The molecular formula is C20H21BrFNO3. The molecule has 6 heteroatoms. The van der Waals surface area contributed by atoms with Crippen LogP contribution in [-0.2, 0) is 9.53 Å². The minimum Gasteiger partial charge on any atom is -0.463 e. The summed E-state index contributed by atoms with van der Waals surface area (Å²) < 4.78 is 19.2. The minimum absolute atomic E-state index is 0.0140. The molecule has 0 spiro atoms. The molecule has 0 radical (unpaired) electrons. The van der Waals surface area contributed by atoms with E-state index in [1.54, 1.807) is 13.8 Å². The van der Waals surface area contributed by atoms with Gasteiger partial charge in [-0.25, -0.2) is 4.39 Å². The summed E-state index contributed by atoms with van der Waals surface area (Å²) in [6.45, 7) is 5.48. The van der Waals surface area contributed by atoms with Gasteiger partial charge >= 0.3 is 5.97 Å². The Bertz CT molecular complexity index is 790. The van der Waals surface area contributed by atoms with E-state index >= 15 is 0 Å². The van der Waals surface area contributed by atoms with Gasteiger partial charge in [-0.3, -0.25) is 9.59 Å². The molecular weight excluding hydrogens is 401 g/mol. The molecule has 4 nitrogen and oxygen atoms in total. The maximum absolute atomic E-state index is 13.5. The van der Waals surface area contributed by atoms with Gasteiger partial charge in [0, 0.05) is 4.47 Å². The number of ether oxygens (including phenoxy) is 1. The number of hydrogen-bond acceptors (Lipinski definition) is 3. The lowest BCUT2D eigenvalue weighted by Gasteiger charge is -2.20. The Hall–Kier alpha value is -2.21. The van der Waals surface area contributed by atoms with Gasteiger partial charge in [-0.15, -0.1) is 0 Å². The lowest BCUT2D eigenvalue weighted by Crippen LogP contribution is -2.31. The number of aryl methyl sites for hydroxylation is 1. The van der Waals surface area contributed by atoms with Crippen molar-refractivity contribution in [1.29, 1.82) is 0 Å². The van der Waals surface area contributed by atoms with Crippen molar-refractivity contribution in [3.05, 3.63) is 69.4 Å². The quantitative estimate of drug-likeness (QED) is 0.687. The summed E-state index contributed by atoms with van der Waals surface area (Å²) >= 11 is 3.25. The molecule has 0 saturated carbocycles. The van der Waals surface area contributed by atoms with Crippen LogP contribution >= 0.6 is 15.9 Å². The number of hydrogen-bond donors (Lipinski definition) is 1. The molecule has 1 unspecified atom stereocenters. The topological polar surface area (TPSA) is 55.4 Å². The number of carbonyl (C=O) groups is 2. The van der Waals surface area contributed by atoms with Crippen LogP contribution in [0.1, 0.15) is 47.8 Å². The first-order valence-corrected chi connectivity index (χ1v) is 9.07. The second-order valence-corrected chi connectivity index (χ2v) is 7.16. The van der Waals surface area contributed by atoms with Gasteiger partial charge in [0.2, 0.25) is 0 Å². The van der Waals surface area contributed by atoms with Crippen LogP contribution in [0.15, 0.2) is 46.9 Å². The van der Waals surface area contributed by atoms with E-state index in [1.165, 1.54) is 12.1 Å². The van der Waals surface area contributed by atoms with E-state index in [0.717, 1.165) is 17.2 Å². The molecule has 26 heavy (non-hydrogen) atoms. The number of amides is 1. The predicted molar refractivity (Wildman–Crippen MR) is 101 cm³/mol. The molecule has 0 aliphatic carbocycles. The predicted octanol–water partition coefficient (Wildman–Crippen LogP) is 4.71. The van der Waals surface area contributed by atoms with Gasteiger partial charge in [-0.2, -0.15) is 0 Å². The highest BCUT2D eigenvalue weighted by Crippen LogP contribution is 2.22. The van der Waals surface area contributed by atoms with Crippen molar-refractivity contribution in [3.8, 4) is 0 Å². The van der Waals surface area contributed by atoms with Gasteiger partial charge in [0.15, 0.2) is 0 Å². The number of rotatable bonds is 6. The average molecular weight is 422 g/mol. The molecule has 2 rings (SSSR count). The van der Waals surface area contributed by atoms with E-state index in [-0.39, 0.29) is 18.1 Å². The summed E-state index contributed by atoms with van der Waals surface area (Å²) in [6.07, 6.45) is -0.255. The van der Waals surface area contributed by atoms with E-state index in [9.17, 15) is 14.0 Å². The van der Waals surface area contributed by atoms with E-state index in [1.807, 2.05) is 31.2 Å². The van der Waals surface area contributed by atoms with Crippen LogP contribution in [0.25, 0.3) is 0 Å². The first-order chi connectivity index (χ1) is 12.3. The number of esters is 1. The second-order valence-electron chi connectivity index (χ2n) is 6.30. The molecule has 1 N–H and O–H groups in total. The average Bonchev–Trinajstić information content (AvgIpc) is 2.56. The van der Waals surface area contributed by atoms with Gasteiger partial charge < -0.3 is 10.1 Å². The third-order valence-electron chi connectivity index (χ3n) is 3.70. The number of benzene rings is 2. The summed E-state index contributed by atoms with van der Waals surface area (Å²) in [5.41, 5.74) is 2.01. The lowest BCUT2D eigenvalue weighted by molar-refractivity contribution is -0.147. The first kappa shape index (κ1) is 20.1. The zero-order valence-corrected chi connectivity index (χ0v) is 16.5. The maximum atomic E-state index is 13.5. The SMILES string of the molecule is Cc1ccc(C(CC(=O)OC(C)C)NC(=O)c2cc(F)ccc2Br)cc1. The first-order valence-electron chi connectivity index (χ1n) is 8.28. The molecule has 0 heterocycles. The zero-order valence-electron chi connectivity index (χ0n) is 14.9. The number of halogens is 2. The molecule has 2 aromatic carbocycles. The maximum Gasteiger partial charge on any atom is 0.308 e. The molecule has 0 aliphatic heterocycles. The fourth-order valence-electron chi connectivity index (χ4n) is 2.44. The second kappa shape index (κ2) is 8.94. The van der Waals surface area contributed by atoms with Crippen molar-refractivity contribution in [1.82, 2.24) is 5.32 Å². The van der Waals surface area contributed by atoms with Crippen molar-refractivity contribution in [2.75, 3.05) is 0 Å². The third kappa shape index (κ3) is 5.66. The van der Waals surface area contributed by atoms with E-state index in [2.05, 4.69) is 21.2 Å². The summed E-state index contributed by atoms with van der Waals surface area (Å²) in [5.74, 6) is -1.40. The zero-order chi connectivity index (χ0) is 19.3. The van der Waals surface area contributed by atoms with Crippen molar-refractivity contribution in [3.63, 3.8) is 0 Å². The van der Waals surface area contributed by atoms with Gasteiger partial charge in [-0.1, -0.05) is 29.8 Å². The summed E-state index contributed by atoms with van der Waals surface area (Å²) in [4.78, 5) is 24.7. The fourth-order valence-corrected chi connectivity index (χ4v) is 2.86. The Morgan fingerprint density at radius 1 is 1.15 bits per heavy atom. The Morgan fingerprint density at radius 2 is 1.81 bits per heavy atom.